The third-order valence-corrected chi connectivity index (χ3v) is 5.41. The first-order valence-electron chi connectivity index (χ1n) is 8.88. The first-order chi connectivity index (χ1) is 12.1. The van der Waals surface area contributed by atoms with Gasteiger partial charge in [0, 0.05) is 32.2 Å². The van der Waals surface area contributed by atoms with Gasteiger partial charge in [0.1, 0.15) is 5.82 Å². The van der Waals surface area contributed by atoms with E-state index in [4.69, 9.17) is 4.52 Å². The molecule has 0 atom stereocenters. The minimum Gasteiger partial charge on any atom is -0.356 e. The molecule has 0 bridgehead atoms. The zero-order valence-corrected chi connectivity index (χ0v) is 14.4. The second-order valence-corrected chi connectivity index (χ2v) is 6.86. The van der Waals surface area contributed by atoms with Crippen LogP contribution in [0.2, 0.25) is 0 Å². The first-order valence-corrected chi connectivity index (χ1v) is 8.88. The van der Waals surface area contributed by atoms with Gasteiger partial charge in [-0.05, 0) is 31.5 Å². The molecule has 2 aromatic rings. The normalized spacial score (nSPS) is 19.8. The summed E-state index contributed by atoms with van der Waals surface area (Å²) in [5.41, 5.74) is 0.441. The molecule has 0 radical (unpaired) electrons. The number of hydrogen-bond donors (Lipinski definition) is 0. The molecule has 1 aliphatic carbocycles. The van der Waals surface area contributed by atoms with Crippen molar-refractivity contribution >= 4 is 5.91 Å². The van der Waals surface area contributed by atoms with Crippen LogP contribution in [-0.4, -0.2) is 53.6 Å². The van der Waals surface area contributed by atoms with Crippen molar-refractivity contribution in [2.75, 3.05) is 32.7 Å². The molecule has 1 aliphatic heterocycles. The van der Waals surface area contributed by atoms with Crippen molar-refractivity contribution in [1.29, 1.82) is 0 Å². The summed E-state index contributed by atoms with van der Waals surface area (Å²) in [7, 11) is 0. The van der Waals surface area contributed by atoms with Crippen molar-refractivity contribution < 1.29 is 13.7 Å². The zero-order valence-electron chi connectivity index (χ0n) is 14.4. The van der Waals surface area contributed by atoms with Crippen LogP contribution >= 0.6 is 0 Å². The van der Waals surface area contributed by atoms with Gasteiger partial charge in [0.2, 0.25) is 5.91 Å². The van der Waals surface area contributed by atoms with Gasteiger partial charge in [0.05, 0.1) is 16.7 Å². The molecule has 5 nitrogen and oxygen atoms in total. The Balaban J connectivity index is 1.54. The molecule has 1 aromatic carbocycles. The summed E-state index contributed by atoms with van der Waals surface area (Å²) in [4.78, 5) is 17.3. The topological polar surface area (TPSA) is 49.6 Å². The Morgan fingerprint density at radius 3 is 2.60 bits per heavy atom. The van der Waals surface area contributed by atoms with E-state index >= 15 is 0 Å². The van der Waals surface area contributed by atoms with E-state index in [2.05, 4.69) is 17.0 Å². The number of likely N-dealkylation sites (N-methyl/N-ethyl adjacent to an activating group) is 1. The lowest BCUT2D eigenvalue weighted by Gasteiger charge is -2.35. The third-order valence-electron chi connectivity index (χ3n) is 5.41. The van der Waals surface area contributed by atoms with Crippen LogP contribution < -0.4 is 0 Å². The summed E-state index contributed by atoms with van der Waals surface area (Å²) in [6.45, 7) is 6.50. The number of carbonyl (C=O) groups excluding carboxylic acids is 1. The minimum atomic E-state index is -0.568. The molecule has 2 heterocycles. The summed E-state index contributed by atoms with van der Waals surface area (Å²) in [6, 6.07) is 8.17. The molecule has 2 fully saturated rings. The molecule has 1 aromatic heterocycles. The Labute approximate surface area is 146 Å². The van der Waals surface area contributed by atoms with Gasteiger partial charge in [-0.1, -0.05) is 24.2 Å². The van der Waals surface area contributed by atoms with Crippen molar-refractivity contribution in [2.45, 2.75) is 25.2 Å². The Hall–Kier alpha value is -2.21. The molecule has 0 N–H and O–H groups in total. The van der Waals surface area contributed by atoms with Crippen LogP contribution in [0.3, 0.4) is 0 Å². The minimum absolute atomic E-state index is 0.136. The number of aromatic nitrogens is 1. The average molecular weight is 343 g/mol. The number of nitrogens with zero attached hydrogens (tertiary/aromatic N) is 3. The SMILES string of the molecule is CCN1CCN(C(=O)C2(c3cc(-c4ccccc4F)on3)CC2)CC1. The highest BCUT2D eigenvalue weighted by Gasteiger charge is 2.55. The zero-order chi connectivity index (χ0) is 17.4. The Kier molecular flexibility index (Phi) is 4.07. The maximum absolute atomic E-state index is 13.9. The Bertz CT molecular complexity index is 776. The molecule has 0 spiro atoms. The lowest BCUT2D eigenvalue weighted by atomic mass is 9.99. The van der Waals surface area contributed by atoms with Crippen LogP contribution in [0.5, 0.6) is 0 Å². The largest absolute Gasteiger partial charge is 0.356 e. The standard InChI is InChI=1S/C19H22FN3O2/c1-2-22-9-11-23(12-10-22)18(24)19(7-8-19)17-13-16(25-21-17)14-5-3-4-6-15(14)20/h3-6,13H,2,7-12H2,1H3. The maximum atomic E-state index is 13.9. The fourth-order valence-corrected chi connectivity index (χ4v) is 3.56. The smallest absolute Gasteiger partial charge is 0.235 e. The van der Waals surface area contributed by atoms with Crippen molar-refractivity contribution in [3.63, 3.8) is 0 Å². The number of carbonyl (C=O) groups is 1. The fourth-order valence-electron chi connectivity index (χ4n) is 3.56. The maximum Gasteiger partial charge on any atom is 0.235 e. The molecule has 25 heavy (non-hydrogen) atoms. The van der Waals surface area contributed by atoms with Crippen molar-refractivity contribution in [2.24, 2.45) is 0 Å². The fraction of sp³-hybridized carbons (Fsp3) is 0.474. The molecule has 1 saturated heterocycles. The van der Waals surface area contributed by atoms with E-state index < -0.39 is 5.41 Å². The number of halogens is 1. The number of hydrogen-bond acceptors (Lipinski definition) is 4. The van der Waals surface area contributed by atoms with E-state index in [1.807, 2.05) is 4.90 Å². The lowest BCUT2D eigenvalue weighted by molar-refractivity contribution is -0.135. The van der Waals surface area contributed by atoms with Gasteiger partial charge in [-0.25, -0.2) is 4.39 Å². The van der Waals surface area contributed by atoms with Gasteiger partial charge < -0.3 is 14.3 Å². The molecule has 4 rings (SSSR count). The van der Waals surface area contributed by atoms with Crippen LogP contribution in [0.4, 0.5) is 4.39 Å². The van der Waals surface area contributed by atoms with E-state index in [1.165, 1.54) is 6.07 Å². The second kappa shape index (κ2) is 6.26. The van der Waals surface area contributed by atoms with E-state index in [0.717, 1.165) is 45.6 Å². The summed E-state index contributed by atoms with van der Waals surface area (Å²) >= 11 is 0. The van der Waals surface area contributed by atoms with Crippen LogP contribution in [0, 0.1) is 5.82 Å². The van der Waals surface area contributed by atoms with Crippen LogP contribution in [0.15, 0.2) is 34.9 Å². The summed E-state index contributed by atoms with van der Waals surface area (Å²) < 4.78 is 19.3. The molecule has 1 saturated carbocycles. The van der Waals surface area contributed by atoms with E-state index in [1.54, 1.807) is 24.3 Å². The molecular formula is C19H22FN3O2. The van der Waals surface area contributed by atoms with Gasteiger partial charge in [0.25, 0.3) is 0 Å². The summed E-state index contributed by atoms with van der Waals surface area (Å²) in [5.74, 6) is 0.164. The highest BCUT2D eigenvalue weighted by molar-refractivity contribution is 5.91. The highest BCUT2D eigenvalue weighted by atomic mass is 19.1. The first kappa shape index (κ1) is 16.3. The predicted octanol–water partition coefficient (Wildman–Crippen LogP) is 2.68. The highest BCUT2D eigenvalue weighted by Crippen LogP contribution is 2.50. The third kappa shape index (κ3) is 2.84. The van der Waals surface area contributed by atoms with Crippen molar-refractivity contribution in [3.8, 4) is 11.3 Å². The molecule has 1 amide bonds. The van der Waals surface area contributed by atoms with Gasteiger partial charge >= 0.3 is 0 Å². The van der Waals surface area contributed by atoms with Gasteiger partial charge in [0.15, 0.2) is 5.76 Å². The number of benzene rings is 1. The van der Waals surface area contributed by atoms with E-state index in [-0.39, 0.29) is 11.7 Å². The summed E-state index contributed by atoms with van der Waals surface area (Å²) in [6.07, 6.45) is 1.56. The van der Waals surface area contributed by atoms with E-state index in [0.29, 0.717) is 17.0 Å². The average Bonchev–Trinajstić information content (AvgIpc) is 3.32. The predicted molar refractivity (Wildman–Crippen MR) is 91.5 cm³/mol. The summed E-state index contributed by atoms with van der Waals surface area (Å²) in [5, 5.41) is 4.12. The molecule has 0 unspecified atom stereocenters. The van der Waals surface area contributed by atoms with Crippen molar-refractivity contribution in [1.82, 2.24) is 15.0 Å². The number of amides is 1. The molecule has 132 valence electrons. The van der Waals surface area contributed by atoms with Gasteiger partial charge in [-0.3, -0.25) is 4.79 Å². The van der Waals surface area contributed by atoms with Crippen LogP contribution in [-0.2, 0) is 10.2 Å². The number of rotatable bonds is 4. The Morgan fingerprint density at radius 2 is 1.96 bits per heavy atom. The van der Waals surface area contributed by atoms with Gasteiger partial charge in [-0.15, -0.1) is 0 Å². The monoisotopic (exact) mass is 343 g/mol. The Morgan fingerprint density at radius 1 is 1.24 bits per heavy atom. The van der Waals surface area contributed by atoms with E-state index in [9.17, 15) is 9.18 Å². The quantitative estimate of drug-likeness (QED) is 0.856. The van der Waals surface area contributed by atoms with Crippen LogP contribution in [0.1, 0.15) is 25.5 Å². The second-order valence-electron chi connectivity index (χ2n) is 6.86. The van der Waals surface area contributed by atoms with Crippen molar-refractivity contribution in [3.05, 3.63) is 41.8 Å². The molecule has 2 aliphatic rings. The molecule has 6 heteroatoms. The lowest BCUT2D eigenvalue weighted by Crippen LogP contribution is -2.51. The number of piperazine rings is 1. The van der Waals surface area contributed by atoms with Crippen LogP contribution in [0.25, 0.3) is 11.3 Å². The molecular weight excluding hydrogens is 321 g/mol. The van der Waals surface area contributed by atoms with Gasteiger partial charge in [-0.2, -0.15) is 0 Å².